The van der Waals surface area contributed by atoms with E-state index in [0.717, 1.165) is 5.82 Å². The van der Waals surface area contributed by atoms with Crippen molar-refractivity contribution in [1.82, 2.24) is 9.55 Å². The summed E-state index contributed by atoms with van der Waals surface area (Å²) in [7, 11) is 2.05. The Morgan fingerprint density at radius 2 is 1.65 bits per heavy atom. The summed E-state index contributed by atoms with van der Waals surface area (Å²) in [5, 5.41) is 2.52. The summed E-state index contributed by atoms with van der Waals surface area (Å²) in [5.41, 5.74) is 7.50. The van der Waals surface area contributed by atoms with E-state index in [9.17, 15) is 0 Å². The SMILES string of the molecule is Cc1cc(C)c(-[n+]2cc3ccccc3cc2C)c(C)c1-c1nccn1C. The van der Waals surface area contributed by atoms with Gasteiger partial charge >= 0.3 is 0 Å². The fourth-order valence-electron chi connectivity index (χ4n) is 4.03. The van der Waals surface area contributed by atoms with Crippen LogP contribution in [0.2, 0.25) is 0 Å². The number of fused-ring (bicyclic) bond motifs is 1. The Bertz CT molecular complexity index is 1140. The molecule has 0 aliphatic heterocycles. The van der Waals surface area contributed by atoms with Crippen LogP contribution >= 0.6 is 0 Å². The van der Waals surface area contributed by atoms with E-state index in [-0.39, 0.29) is 0 Å². The third-order valence-electron chi connectivity index (χ3n) is 5.23. The molecule has 0 saturated carbocycles. The first-order valence-electron chi connectivity index (χ1n) is 8.97. The molecule has 0 radical (unpaired) electrons. The van der Waals surface area contributed by atoms with E-state index in [1.54, 1.807) is 0 Å². The number of imidazole rings is 1. The predicted molar refractivity (Wildman–Crippen MR) is 107 cm³/mol. The van der Waals surface area contributed by atoms with Gasteiger partial charge in [-0.25, -0.2) is 4.98 Å². The summed E-state index contributed by atoms with van der Waals surface area (Å²) in [6, 6.07) is 13.1. The van der Waals surface area contributed by atoms with Crippen molar-refractivity contribution in [2.45, 2.75) is 27.7 Å². The van der Waals surface area contributed by atoms with Crippen LogP contribution in [0.5, 0.6) is 0 Å². The van der Waals surface area contributed by atoms with E-state index in [1.165, 1.54) is 44.4 Å². The Kier molecular flexibility index (Phi) is 3.87. The Hall–Kier alpha value is -2.94. The number of nitrogens with zero attached hydrogens (tertiary/aromatic N) is 3. The van der Waals surface area contributed by atoms with E-state index < -0.39 is 0 Å². The summed E-state index contributed by atoms with van der Waals surface area (Å²) in [4.78, 5) is 4.60. The van der Waals surface area contributed by atoms with Crippen molar-refractivity contribution in [3.63, 3.8) is 0 Å². The van der Waals surface area contributed by atoms with Gasteiger partial charge in [-0.2, -0.15) is 4.57 Å². The first-order valence-corrected chi connectivity index (χ1v) is 8.97. The van der Waals surface area contributed by atoms with Gasteiger partial charge in [0.1, 0.15) is 5.82 Å². The molecule has 0 atom stereocenters. The van der Waals surface area contributed by atoms with Crippen LogP contribution in [-0.2, 0) is 7.05 Å². The first-order chi connectivity index (χ1) is 12.5. The maximum absolute atomic E-state index is 4.60. The van der Waals surface area contributed by atoms with E-state index in [0.29, 0.717) is 0 Å². The van der Waals surface area contributed by atoms with Gasteiger partial charge in [-0.1, -0.05) is 18.2 Å². The molecule has 4 aromatic rings. The average molecular weight is 342 g/mol. The van der Waals surface area contributed by atoms with Crippen molar-refractivity contribution < 1.29 is 4.57 Å². The van der Waals surface area contributed by atoms with Crippen LogP contribution < -0.4 is 4.57 Å². The van der Waals surface area contributed by atoms with Gasteiger partial charge in [0.05, 0.1) is 0 Å². The average Bonchev–Trinajstić information content (AvgIpc) is 3.01. The van der Waals surface area contributed by atoms with Gasteiger partial charge in [-0.3, -0.25) is 0 Å². The van der Waals surface area contributed by atoms with Gasteiger partial charge in [-0.05, 0) is 43.9 Å². The minimum Gasteiger partial charge on any atom is -0.334 e. The molecule has 0 spiro atoms. The van der Waals surface area contributed by atoms with Crippen molar-refractivity contribution in [2.75, 3.05) is 0 Å². The van der Waals surface area contributed by atoms with Crippen molar-refractivity contribution >= 4 is 10.8 Å². The lowest BCUT2D eigenvalue weighted by Crippen LogP contribution is -2.36. The minimum atomic E-state index is 1.01. The van der Waals surface area contributed by atoms with Crippen molar-refractivity contribution in [3.05, 3.63) is 77.4 Å². The molecule has 0 aliphatic rings. The zero-order valence-corrected chi connectivity index (χ0v) is 16.0. The molecule has 4 rings (SSSR count). The fourth-order valence-corrected chi connectivity index (χ4v) is 4.03. The molecule has 3 heteroatoms. The molecular weight excluding hydrogens is 318 g/mol. The van der Waals surface area contributed by atoms with Crippen LogP contribution in [0.3, 0.4) is 0 Å². The maximum atomic E-state index is 4.60. The minimum absolute atomic E-state index is 1.01. The molecule has 2 aromatic carbocycles. The Morgan fingerprint density at radius 1 is 0.923 bits per heavy atom. The third kappa shape index (κ3) is 2.51. The van der Waals surface area contributed by atoms with E-state index in [2.05, 4.69) is 91.5 Å². The zero-order valence-electron chi connectivity index (χ0n) is 16.0. The quantitative estimate of drug-likeness (QED) is 0.482. The molecule has 0 amide bonds. The number of aryl methyl sites for hydroxylation is 4. The molecule has 0 saturated heterocycles. The van der Waals surface area contributed by atoms with E-state index in [1.807, 2.05) is 12.4 Å². The Labute approximate surface area is 154 Å². The summed E-state index contributed by atoms with van der Waals surface area (Å²) in [5.74, 6) is 1.01. The van der Waals surface area contributed by atoms with Gasteiger partial charge in [0.2, 0.25) is 5.69 Å². The van der Waals surface area contributed by atoms with E-state index in [4.69, 9.17) is 0 Å². The predicted octanol–water partition coefficient (Wildman–Crippen LogP) is 4.75. The van der Waals surface area contributed by atoms with Gasteiger partial charge in [0.15, 0.2) is 11.9 Å². The second kappa shape index (κ2) is 6.10. The maximum Gasteiger partial charge on any atom is 0.217 e. The second-order valence-electron chi connectivity index (χ2n) is 7.13. The summed E-state index contributed by atoms with van der Waals surface area (Å²) >= 11 is 0. The Morgan fingerprint density at radius 3 is 2.35 bits per heavy atom. The van der Waals surface area contributed by atoms with Gasteiger partial charge in [-0.15, -0.1) is 0 Å². The molecule has 0 N–H and O–H groups in total. The smallest absolute Gasteiger partial charge is 0.217 e. The lowest BCUT2D eigenvalue weighted by Gasteiger charge is -2.15. The van der Waals surface area contributed by atoms with Crippen molar-refractivity contribution in [1.29, 1.82) is 0 Å². The van der Waals surface area contributed by atoms with Gasteiger partial charge in [0.25, 0.3) is 0 Å². The van der Waals surface area contributed by atoms with Gasteiger partial charge < -0.3 is 4.57 Å². The number of aromatic nitrogens is 3. The molecule has 0 unspecified atom stereocenters. The topological polar surface area (TPSA) is 21.7 Å². The highest BCUT2D eigenvalue weighted by Crippen LogP contribution is 2.31. The van der Waals surface area contributed by atoms with Crippen molar-refractivity contribution in [2.24, 2.45) is 7.05 Å². The first kappa shape index (κ1) is 16.5. The van der Waals surface area contributed by atoms with Crippen LogP contribution in [0.15, 0.2) is 55.0 Å². The van der Waals surface area contributed by atoms with Crippen molar-refractivity contribution in [3.8, 4) is 17.1 Å². The highest BCUT2D eigenvalue weighted by atomic mass is 15.0. The summed E-state index contributed by atoms with van der Waals surface area (Å²) < 4.78 is 4.41. The van der Waals surface area contributed by atoms with E-state index >= 15 is 0 Å². The lowest BCUT2D eigenvalue weighted by atomic mass is 9.96. The number of hydrogen-bond acceptors (Lipinski definition) is 1. The fraction of sp³-hybridized carbons (Fsp3) is 0.217. The summed E-state index contributed by atoms with van der Waals surface area (Å²) in [6.07, 6.45) is 6.11. The largest absolute Gasteiger partial charge is 0.334 e. The van der Waals surface area contributed by atoms with Crippen LogP contribution in [0.4, 0.5) is 0 Å². The summed E-state index contributed by atoms with van der Waals surface area (Å²) in [6.45, 7) is 8.75. The van der Waals surface area contributed by atoms with Gasteiger partial charge in [0, 0.05) is 54.5 Å². The van der Waals surface area contributed by atoms with Crippen LogP contribution in [-0.4, -0.2) is 9.55 Å². The number of rotatable bonds is 2. The molecule has 0 fully saturated rings. The molecule has 0 aliphatic carbocycles. The number of pyridine rings is 1. The zero-order chi connectivity index (χ0) is 18.4. The standard InChI is InChI=1S/C23H24N3/c1-15-12-16(2)22(18(4)21(15)23-24-10-11-25(23)5)26-14-20-9-7-6-8-19(20)13-17(26)3/h6-14H,1-5H3/q+1. The second-order valence-corrected chi connectivity index (χ2v) is 7.13. The molecule has 0 bridgehead atoms. The van der Waals surface area contributed by atoms with Crippen LogP contribution in [0.1, 0.15) is 22.4 Å². The molecule has 130 valence electrons. The normalized spacial score (nSPS) is 11.3. The highest BCUT2D eigenvalue weighted by molar-refractivity contribution is 5.81. The molecular formula is C23H24N3+. The third-order valence-corrected chi connectivity index (χ3v) is 5.23. The van der Waals surface area contributed by atoms with Crippen LogP contribution in [0.25, 0.3) is 27.8 Å². The molecule has 26 heavy (non-hydrogen) atoms. The molecule has 2 aromatic heterocycles. The highest BCUT2D eigenvalue weighted by Gasteiger charge is 2.23. The monoisotopic (exact) mass is 342 g/mol. The molecule has 3 nitrogen and oxygen atoms in total. The number of hydrogen-bond donors (Lipinski definition) is 0. The number of benzene rings is 2. The van der Waals surface area contributed by atoms with Crippen LogP contribution in [0, 0.1) is 27.7 Å². The Balaban J connectivity index is 2.04. The molecule has 2 heterocycles. The lowest BCUT2D eigenvalue weighted by molar-refractivity contribution is -0.602.